The van der Waals surface area contributed by atoms with Gasteiger partial charge in [0.25, 0.3) is 11.7 Å². The summed E-state index contributed by atoms with van der Waals surface area (Å²) in [7, 11) is 4.47. The van der Waals surface area contributed by atoms with Gasteiger partial charge in [0.05, 0.1) is 36.1 Å². The van der Waals surface area contributed by atoms with Crippen LogP contribution in [0.15, 0.2) is 65.8 Å². The fourth-order valence-electron chi connectivity index (χ4n) is 11.7. The fraction of sp³-hybridized carbons (Fsp3) is 0.696. The number of amides is 1. The summed E-state index contributed by atoms with van der Waals surface area (Å²) in [5.41, 5.74) is 1.98. The van der Waals surface area contributed by atoms with E-state index in [1.807, 2.05) is 75.2 Å². The number of esters is 1. The number of Topliss-reactive ketones (excluding diaryl/α,β-unsaturated/α-hetero) is 3. The van der Waals surface area contributed by atoms with E-state index in [1.54, 1.807) is 34.0 Å². The van der Waals surface area contributed by atoms with Crippen LogP contribution in [0.2, 0.25) is 0 Å². The molecule has 16 heteroatoms. The second-order valence-corrected chi connectivity index (χ2v) is 21.4. The maximum atomic E-state index is 14.5. The van der Waals surface area contributed by atoms with E-state index in [0.29, 0.717) is 56.9 Å². The Morgan fingerprint density at radius 3 is 2.21 bits per heavy atom. The number of allylic oxidation sites excluding steroid dienone is 1. The smallest absolute Gasteiger partial charge is 0.329 e. The van der Waals surface area contributed by atoms with Crippen LogP contribution >= 0.6 is 0 Å². The zero-order valence-electron chi connectivity index (χ0n) is 44.1. The molecule has 5 aliphatic heterocycles. The topological polar surface area (TPSA) is 208 Å². The van der Waals surface area contributed by atoms with Crippen molar-refractivity contribution in [3.63, 3.8) is 0 Å². The standard InChI is InChI=1S/C56H82N2O14/c1-32-27-35(4)49(61)52(69-10)50(62)36(5)28-33(2)46(60)31-48(38(7)42-19-16-21-45(59)51(42)68-9)70-55(65)44-20-14-15-26-57(44)54(64)53(63)56(66)37(6)22-23-40(71-56)30-47(67-8)34(3)29-41-24-25-43(32)58(72-41)39-17-12-11-13-18-39/h11-13,17-18,24-25,28-29,32-33,35,37-38,40-45,47-48,50-52,59,62,66H,14-16,19-23,26-27,30-31H2,1-10H3/b34-29+,36-28+. The molecule has 6 aliphatic rings. The summed E-state index contributed by atoms with van der Waals surface area (Å²) in [6.45, 7) is 12.7. The molecule has 5 heterocycles. The highest BCUT2D eigenvalue weighted by Crippen LogP contribution is 2.39. The number of anilines is 1. The second kappa shape index (κ2) is 25.4. The number of hydrogen-bond acceptors (Lipinski definition) is 15. The molecule has 1 aromatic rings. The third kappa shape index (κ3) is 13.0. The number of carbonyl (C=O) groups is 5. The second-order valence-electron chi connectivity index (χ2n) is 21.4. The monoisotopic (exact) mass is 1010 g/mol. The Hall–Kier alpha value is -4.13. The number of nitrogens with zero attached hydrogens (tertiary/aromatic N) is 2. The summed E-state index contributed by atoms with van der Waals surface area (Å²) in [5, 5.41) is 36.7. The van der Waals surface area contributed by atoms with Crippen molar-refractivity contribution in [2.75, 3.05) is 32.9 Å². The van der Waals surface area contributed by atoms with Gasteiger partial charge in [-0.1, -0.05) is 77.5 Å². The maximum Gasteiger partial charge on any atom is 0.329 e. The van der Waals surface area contributed by atoms with Crippen molar-refractivity contribution in [3.8, 4) is 0 Å². The van der Waals surface area contributed by atoms with E-state index in [-0.39, 0.29) is 55.3 Å². The van der Waals surface area contributed by atoms with E-state index in [4.69, 9.17) is 28.5 Å². The van der Waals surface area contributed by atoms with Crippen molar-refractivity contribution in [2.45, 2.75) is 186 Å². The minimum Gasteiger partial charge on any atom is -0.460 e. The summed E-state index contributed by atoms with van der Waals surface area (Å²) in [6.07, 6.45) is 5.26. The van der Waals surface area contributed by atoms with Crippen LogP contribution in [0.4, 0.5) is 5.69 Å². The fourth-order valence-corrected chi connectivity index (χ4v) is 11.7. The average Bonchev–Trinajstić information content (AvgIpc) is 3.37. The molecular formula is C56H82N2O14. The summed E-state index contributed by atoms with van der Waals surface area (Å²) >= 11 is 0. The molecule has 1 aliphatic carbocycles. The predicted octanol–water partition coefficient (Wildman–Crippen LogP) is 6.42. The van der Waals surface area contributed by atoms with Crippen molar-refractivity contribution in [2.24, 2.45) is 35.5 Å². The average molecular weight is 1010 g/mol. The number of hydroxylamine groups is 1. The molecule has 3 fully saturated rings. The van der Waals surface area contributed by atoms with Crippen LogP contribution in [-0.4, -0.2) is 144 Å². The first-order chi connectivity index (χ1) is 34.2. The molecule has 0 aromatic heterocycles. The number of carbonyl (C=O) groups excluding carboxylic acids is 5. The normalized spacial score (nSPS) is 39.6. The molecule has 0 spiro atoms. The molecule has 0 radical (unpaired) electrons. The minimum atomic E-state index is -2.48. The van der Waals surface area contributed by atoms with E-state index in [2.05, 4.69) is 6.08 Å². The lowest BCUT2D eigenvalue weighted by atomic mass is 9.74. The molecule has 72 heavy (non-hydrogen) atoms. The Kier molecular flexibility index (Phi) is 20.2. The van der Waals surface area contributed by atoms with Gasteiger partial charge in [-0.25, -0.2) is 9.86 Å². The number of aliphatic hydroxyl groups is 3. The largest absolute Gasteiger partial charge is 0.460 e. The molecule has 17 atom stereocenters. The van der Waals surface area contributed by atoms with Crippen LogP contribution in [0.5, 0.6) is 0 Å². The van der Waals surface area contributed by atoms with Gasteiger partial charge in [0, 0.05) is 58.5 Å². The Morgan fingerprint density at radius 1 is 0.806 bits per heavy atom. The van der Waals surface area contributed by atoms with E-state index in [9.17, 15) is 39.3 Å². The molecule has 2 saturated heterocycles. The van der Waals surface area contributed by atoms with Gasteiger partial charge < -0.3 is 43.9 Å². The van der Waals surface area contributed by atoms with Crippen LogP contribution in [0, 0.1) is 35.5 Å². The number of methoxy groups -OCH3 is 3. The number of para-hydroxylation sites is 1. The number of benzene rings is 1. The molecule has 7 rings (SSSR count). The summed E-state index contributed by atoms with van der Waals surface area (Å²) in [4.78, 5) is 79.8. The predicted molar refractivity (Wildman–Crippen MR) is 269 cm³/mol. The molecule has 4 bridgehead atoms. The molecule has 17 unspecified atom stereocenters. The molecule has 1 aromatic carbocycles. The van der Waals surface area contributed by atoms with Crippen LogP contribution in [0.3, 0.4) is 0 Å². The first-order valence-electron chi connectivity index (χ1n) is 26.3. The summed E-state index contributed by atoms with van der Waals surface area (Å²) in [6, 6.07) is 8.19. The number of rotatable bonds is 6. The minimum absolute atomic E-state index is 0.0555. The first kappa shape index (κ1) is 57.2. The van der Waals surface area contributed by atoms with Crippen molar-refractivity contribution in [3.05, 3.63) is 65.8 Å². The Labute approximate surface area is 426 Å². The Morgan fingerprint density at radius 2 is 1.53 bits per heavy atom. The van der Waals surface area contributed by atoms with Gasteiger partial charge in [-0.2, -0.15) is 0 Å². The molecule has 16 nitrogen and oxygen atoms in total. The number of fused-ring (bicyclic) bond motifs is 16. The van der Waals surface area contributed by atoms with Crippen molar-refractivity contribution in [1.29, 1.82) is 0 Å². The third-order valence-electron chi connectivity index (χ3n) is 16.3. The number of ether oxygens (including phenoxy) is 5. The van der Waals surface area contributed by atoms with E-state index in [0.717, 1.165) is 11.3 Å². The molecule has 1 amide bonds. The molecular weight excluding hydrogens is 925 g/mol. The van der Waals surface area contributed by atoms with Gasteiger partial charge in [0.15, 0.2) is 5.78 Å². The van der Waals surface area contributed by atoms with E-state index < -0.39 is 102 Å². The van der Waals surface area contributed by atoms with Crippen LogP contribution in [0.25, 0.3) is 0 Å². The van der Waals surface area contributed by atoms with E-state index in [1.165, 1.54) is 19.1 Å². The maximum absolute atomic E-state index is 14.5. The molecule has 1 saturated carbocycles. The summed E-state index contributed by atoms with van der Waals surface area (Å²) in [5.74, 6) is -9.14. The first-order valence-corrected chi connectivity index (χ1v) is 26.3. The number of piperidine rings is 1. The Bertz CT molecular complexity index is 2130. The van der Waals surface area contributed by atoms with Crippen molar-refractivity contribution < 1.29 is 67.8 Å². The lowest BCUT2D eigenvalue weighted by Crippen LogP contribution is -2.61. The van der Waals surface area contributed by atoms with Crippen molar-refractivity contribution >= 4 is 34.9 Å². The zero-order valence-corrected chi connectivity index (χ0v) is 44.1. The van der Waals surface area contributed by atoms with Gasteiger partial charge in [-0.3, -0.25) is 24.0 Å². The zero-order chi connectivity index (χ0) is 52.6. The van der Waals surface area contributed by atoms with Crippen LogP contribution in [0.1, 0.15) is 119 Å². The number of aliphatic hydroxyl groups excluding tert-OH is 2. The highest BCUT2D eigenvalue weighted by molar-refractivity contribution is 6.39. The molecule has 400 valence electrons. The third-order valence-corrected chi connectivity index (χ3v) is 16.3. The van der Waals surface area contributed by atoms with Crippen LogP contribution < -0.4 is 5.06 Å². The Balaban J connectivity index is 1.37. The highest BCUT2D eigenvalue weighted by Gasteiger charge is 2.53. The quantitative estimate of drug-likeness (QED) is 0.160. The summed E-state index contributed by atoms with van der Waals surface area (Å²) < 4.78 is 30.0. The highest BCUT2D eigenvalue weighted by atomic mass is 16.7. The van der Waals surface area contributed by atoms with Crippen molar-refractivity contribution in [1.82, 2.24) is 4.90 Å². The lowest BCUT2D eigenvalue weighted by Gasteiger charge is -2.43. The number of hydrogen-bond donors (Lipinski definition) is 3. The van der Waals surface area contributed by atoms with Crippen LogP contribution in [-0.2, 0) is 52.5 Å². The van der Waals surface area contributed by atoms with Gasteiger partial charge in [-0.15, -0.1) is 0 Å². The van der Waals surface area contributed by atoms with Gasteiger partial charge in [-0.05, 0) is 112 Å². The number of ketones is 3. The van der Waals surface area contributed by atoms with E-state index >= 15 is 0 Å². The SMILES string of the molecule is COC1CC2CCC(C)C(O)(O2)C(=O)C(=O)N2CCCCC2C(=O)OC(C(C)C2CCCC(O)C2OC)CC(=O)C(C)/C=C(\C)C(O)C(OC)C(=O)C(C)CC(C)C2C=CC(/C=C/1C)ON2c1ccccc1. The molecule has 3 N–H and O–H groups in total. The van der Waals surface area contributed by atoms with Gasteiger partial charge in [0.2, 0.25) is 5.79 Å². The lowest BCUT2D eigenvalue weighted by molar-refractivity contribution is -0.265. The van der Waals surface area contributed by atoms with Gasteiger partial charge >= 0.3 is 5.97 Å². The van der Waals surface area contributed by atoms with Gasteiger partial charge in [0.1, 0.15) is 36.2 Å².